The smallest absolute Gasteiger partial charge is 0.292 e. The van der Waals surface area contributed by atoms with Crippen LogP contribution in [0.4, 0.5) is 13.2 Å². The average Bonchev–Trinajstić information content (AvgIpc) is 2.91. The van der Waals surface area contributed by atoms with Gasteiger partial charge >= 0.3 is 6.18 Å². The van der Waals surface area contributed by atoms with Gasteiger partial charge in [-0.1, -0.05) is 18.5 Å². The fourth-order valence-electron chi connectivity index (χ4n) is 2.78. The highest BCUT2D eigenvalue weighted by atomic mass is 35.5. The highest BCUT2D eigenvalue weighted by molar-refractivity contribution is 7.17. The molecule has 2 aromatic heterocycles. The Hall–Kier alpha value is -2.19. The summed E-state index contributed by atoms with van der Waals surface area (Å²) >= 11 is 7.21. The number of ketones is 1. The van der Waals surface area contributed by atoms with Crippen LogP contribution in [0.15, 0.2) is 29.1 Å². The van der Waals surface area contributed by atoms with Crippen LogP contribution in [0.3, 0.4) is 0 Å². The van der Waals surface area contributed by atoms with Crippen LogP contribution in [0.25, 0.3) is 4.96 Å². The Bertz CT molecular complexity index is 1100. The lowest BCUT2D eigenvalue weighted by Gasteiger charge is -2.10. The molecule has 27 heavy (non-hydrogen) atoms. The van der Waals surface area contributed by atoms with E-state index < -0.39 is 17.3 Å². The number of fused-ring (bicyclic) bond motifs is 1. The molecule has 2 heterocycles. The molecule has 0 saturated carbocycles. The van der Waals surface area contributed by atoms with E-state index in [1.54, 1.807) is 13.8 Å². The maximum Gasteiger partial charge on any atom is 0.416 e. The van der Waals surface area contributed by atoms with E-state index >= 15 is 0 Å². The van der Waals surface area contributed by atoms with Gasteiger partial charge in [0.2, 0.25) is 0 Å². The quantitative estimate of drug-likeness (QED) is 0.569. The van der Waals surface area contributed by atoms with Crippen molar-refractivity contribution in [2.45, 2.75) is 32.9 Å². The molecule has 0 saturated heterocycles. The Labute approximate surface area is 161 Å². The van der Waals surface area contributed by atoms with Gasteiger partial charge in [-0.3, -0.25) is 9.59 Å². The van der Waals surface area contributed by atoms with E-state index in [4.69, 9.17) is 11.6 Å². The summed E-state index contributed by atoms with van der Waals surface area (Å²) in [6, 6.07) is 4.26. The van der Waals surface area contributed by atoms with Crippen LogP contribution in [0.2, 0.25) is 5.02 Å². The first kappa shape index (κ1) is 19.6. The second kappa shape index (κ2) is 7.09. The molecule has 0 amide bonds. The van der Waals surface area contributed by atoms with Crippen molar-refractivity contribution in [2.24, 2.45) is 0 Å². The van der Waals surface area contributed by atoms with Crippen molar-refractivity contribution >= 4 is 33.7 Å². The van der Waals surface area contributed by atoms with Crippen molar-refractivity contribution in [1.29, 1.82) is 0 Å². The maximum atomic E-state index is 12.9. The molecule has 0 unspecified atom stereocenters. The van der Waals surface area contributed by atoms with Crippen molar-refractivity contribution in [2.75, 3.05) is 0 Å². The molecule has 142 valence electrons. The van der Waals surface area contributed by atoms with Crippen LogP contribution in [-0.4, -0.2) is 15.2 Å². The van der Waals surface area contributed by atoms with Gasteiger partial charge in [0.1, 0.15) is 5.69 Å². The van der Waals surface area contributed by atoms with E-state index in [-0.39, 0.29) is 34.9 Å². The first-order chi connectivity index (χ1) is 12.6. The fraction of sp³-hybridized carbons (Fsp3) is 0.278. The predicted octanol–water partition coefficient (Wildman–Crippen LogP) is 4.92. The third kappa shape index (κ3) is 3.77. The average molecular weight is 415 g/mol. The van der Waals surface area contributed by atoms with Gasteiger partial charge in [0, 0.05) is 28.8 Å². The van der Waals surface area contributed by atoms with E-state index in [9.17, 15) is 22.8 Å². The Kier molecular flexibility index (Phi) is 5.14. The number of alkyl halides is 3. The minimum atomic E-state index is -4.49. The Morgan fingerprint density at radius 1 is 1.30 bits per heavy atom. The van der Waals surface area contributed by atoms with Gasteiger partial charge < -0.3 is 0 Å². The molecule has 0 atom stereocenters. The molecule has 0 radical (unpaired) electrons. The third-order valence-electron chi connectivity index (χ3n) is 4.07. The number of halogens is 4. The lowest BCUT2D eigenvalue weighted by Crippen LogP contribution is -2.19. The number of hydrogen-bond donors (Lipinski definition) is 0. The number of aryl methyl sites for hydroxylation is 1. The predicted molar refractivity (Wildman–Crippen MR) is 98.0 cm³/mol. The maximum absolute atomic E-state index is 12.9. The van der Waals surface area contributed by atoms with Gasteiger partial charge in [0.15, 0.2) is 10.7 Å². The van der Waals surface area contributed by atoms with Crippen molar-refractivity contribution in [3.63, 3.8) is 0 Å². The standard InChI is InChI=1S/C18H14ClF3N2O2S/c1-3-14(25)16-9(2)27-17-23-12(8-15(26)24(16)17)7-10-6-11(18(20,21)22)4-5-13(10)19/h4-6,8H,3,7H2,1-2H3. The Morgan fingerprint density at radius 3 is 2.63 bits per heavy atom. The molecular formula is C18H14ClF3N2O2S. The normalized spacial score (nSPS) is 11.9. The lowest BCUT2D eigenvalue weighted by atomic mass is 10.1. The van der Waals surface area contributed by atoms with Crippen molar-refractivity contribution < 1.29 is 18.0 Å². The molecule has 1 aromatic carbocycles. The Morgan fingerprint density at radius 2 is 2.00 bits per heavy atom. The highest BCUT2D eigenvalue weighted by Crippen LogP contribution is 2.32. The molecule has 0 aliphatic heterocycles. The van der Waals surface area contributed by atoms with Gasteiger partial charge in [-0.15, -0.1) is 11.3 Å². The summed E-state index contributed by atoms with van der Waals surface area (Å²) in [5.74, 6) is -0.170. The number of rotatable bonds is 4. The van der Waals surface area contributed by atoms with Crippen molar-refractivity contribution in [3.05, 3.63) is 67.0 Å². The molecule has 0 fully saturated rings. The zero-order valence-electron chi connectivity index (χ0n) is 14.4. The molecule has 0 aliphatic rings. The molecule has 3 aromatic rings. The van der Waals surface area contributed by atoms with Crippen LogP contribution < -0.4 is 5.56 Å². The Balaban J connectivity index is 2.07. The molecular weight excluding hydrogens is 401 g/mol. The van der Waals surface area contributed by atoms with Crippen LogP contribution in [0.1, 0.15) is 45.5 Å². The van der Waals surface area contributed by atoms with Gasteiger partial charge in [0.05, 0.1) is 11.3 Å². The number of nitrogens with zero attached hydrogens (tertiary/aromatic N) is 2. The van der Waals surface area contributed by atoms with E-state index in [2.05, 4.69) is 4.98 Å². The van der Waals surface area contributed by atoms with E-state index in [0.717, 1.165) is 12.1 Å². The highest BCUT2D eigenvalue weighted by Gasteiger charge is 2.31. The summed E-state index contributed by atoms with van der Waals surface area (Å²) in [4.78, 5) is 30.0. The second-order valence-corrected chi connectivity index (χ2v) is 7.56. The van der Waals surface area contributed by atoms with Crippen LogP contribution in [-0.2, 0) is 12.6 Å². The molecule has 0 spiro atoms. The van der Waals surface area contributed by atoms with Crippen LogP contribution in [0, 0.1) is 6.92 Å². The number of benzene rings is 1. The largest absolute Gasteiger partial charge is 0.416 e. The fourth-order valence-corrected chi connectivity index (χ4v) is 3.98. The first-order valence-corrected chi connectivity index (χ1v) is 9.22. The van der Waals surface area contributed by atoms with Crippen LogP contribution >= 0.6 is 22.9 Å². The molecule has 0 N–H and O–H groups in total. The van der Waals surface area contributed by atoms with E-state index in [1.807, 2.05) is 0 Å². The molecule has 3 rings (SSSR count). The van der Waals surface area contributed by atoms with Crippen molar-refractivity contribution in [1.82, 2.24) is 9.38 Å². The van der Waals surface area contributed by atoms with Gasteiger partial charge in [-0.25, -0.2) is 9.38 Å². The summed E-state index contributed by atoms with van der Waals surface area (Å²) < 4.78 is 40.0. The topological polar surface area (TPSA) is 51.4 Å². The minimum absolute atomic E-state index is 0.0253. The first-order valence-electron chi connectivity index (χ1n) is 8.02. The zero-order valence-corrected chi connectivity index (χ0v) is 15.9. The second-order valence-electron chi connectivity index (χ2n) is 5.97. The molecule has 9 heteroatoms. The van der Waals surface area contributed by atoms with Gasteiger partial charge in [-0.05, 0) is 30.7 Å². The molecule has 0 aliphatic carbocycles. The number of hydrogen-bond acceptors (Lipinski definition) is 4. The number of carbonyl (C=O) groups is 1. The van der Waals surface area contributed by atoms with Crippen molar-refractivity contribution in [3.8, 4) is 0 Å². The van der Waals surface area contributed by atoms with E-state index in [1.165, 1.54) is 27.9 Å². The minimum Gasteiger partial charge on any atom is -0.292 e. The molecule has 4 nitrogen and oxygen atoms in total. The summed E-state index contributed by atoms with van der Waals surface area (Å²) in [7, 11) is 0. The van der Waals surface area contributed by atoms with Crippen LogP contribution in [0.5, 0.6) is 0 Å². The summed E-state index contributed by atoms with van der Waals surface area (Å²) in [6.45, 7) is 3.43. The number of thiazole rings is 1. The molecule has 0 bridgehead atoms. The summed E-state index contributed by atoms with van der Waals surface area (Å²) in [5.41, 5.74) is -0.445. The van der Waals surface area contributed by atoms with E-state index in [0.29, 0.717) is 15.5 Å². The van der Waals surface area contributed by atoms with Gasteiger partial charge in [0.25, 0.3) is 5.56 Å². The third-order valence-corrected chi connectivity index (χ3v) is 5.40. The number of carbonyl (C=O) groups excluding carboxylic acids is 1. The SMILES string of the molecule is CCC(=O)c1c(C)sc2nc(Cc3cc(C(F)(F)F)ccc3Cl)cc(=O)n12. The zero-order chi connectivity index (χ0) is 19.9. The number of Topliss-reactive ketones (excluding diaryl/α,β-unsaturated/α-hetero) is 1. The number of aromatic nitrogens is 2. The summed E-state index contributed by atoms with van der Waals surface area (Å²) in [5, 5.41) is 0.161. The lowest BCUT2D eigenvalue weighted by molar-refractivity contribution is -0.137. The van der Waals surface area contributed by atoms with Gasteiger partial charge in [-0.2, -0.15) is 13.2 Å². The summed E-state index contributed by atoms with van der Waals surface area (Å²) in [6.07, 6.45) is -4.26. The monoisotopic (exact) mass is 414 g/mol.